The Hall–Kier alpha value is -3.68. The molecule has 0 aliphatic carbocycles. The fourth-order valence-electron chi connectivity index (χ4n) is 2.98. The Kier molecular flexibility index (Phi) is 7.37. The van der Waals surface area contributed by atoms with Crippen LogP contribution >= 0.6 is 0 Å². The van der Waals surface area contributed by atoms with Crippen molar-refractivity contribution in [2.75, 3.05) is 13.7 Å². The molecule has 1 aromatic heterocycles. The van der Waals surface area contributed by atoms with Crippen LogP contribution in [0, 0.1) is 5.82 Å². The number of amides is 1. The molecule has 162 valence electrons. The van der Waals surface area contributed by atoms with E-state index in [0.29, 0.717) is 35.9 Å². The molecule has 8 heteroatoms. The molecule has 0 aliphatic heterocycles. The molecule has 1 heterocycles. The lowest BCUT2D eigenvalue weighted by Gasteiger charge is -2.12. The maximum absolute atomic E-state index is 13.1. The van der Waals surface area contributed by atoms with Crippen molar-refractivity contribution in [3.05, 3.63) is 76.3 Å². The average molecular weight is 425 g/mol. The van der Waals surface area contributed by atoms with E-state index in [9.17, 15) is 14.0 Å². The van der Waals surface area contributed by atoms with Crippen LogP contribution in [0.3, 0.4) is 0 Å². The van der Waals surface area contributed by atoms with Gasteiger partial charge in [0, 0.05) is 24.6 Å². The Balaban J connectivity index is 1.60. The smallest absolute Gasteiger partial charge is 0.266 e. The van der Waals surface area contributed by atoms with Crippen LogP contribution in [-0.2, 0) is 17.9 Å². The predicted molar refractivity (Wildman–Crippen MR) is 115 cm³/mol. The molecule has 0 saturated heterocycles. The second kappa shape index (κ2) is 10.4. The molecule has 2 aromatic carbocycles. The molecule has 3 aromatic rings. The third kappa shape index (κ3) is 5.91. The second-order valence-corrected chi connectivity index (χ2v) is 6.73. The molecule has 0 fully saturated rings. The molecular weight excluding hydrogens is 401 g/mol. The fourth-order valence-corrected chi connectivity index (χ4v) is 2.98. The van der Waals surface area contributed by atoms with Crippen LogP contribution in [0.25, 0.3) is 11.3 Å². The molecule has 0 spiro atoms. The van der Waals surface area contributed by atoms with Gasteiger partial charge >= 0.3 is 0 Å². The molecule has 0 saturated carbocycles. The highest BCUT2D eigenvalue weighted by atomic mass is 19.1. The van der Waals surface area contributed by atoms with Gasteiger partial charge < -0.3 is 14.8 Å². The SMILES string of the molecule is CCOc1cc(CNC(=O)CCn2nc(-c3ccc(F)cc3)ccc2=O)ccc1OC. The van der Waals surface area contributed by atoms with E-state index >= 15 is 0 Å². The van der Waals surface area contributed by atoms with E-state index in [1.165, 1.54) is 22.9 Å². The molecular formula is C23H24FN3O4. The molecule has 1 amide bonds. The molecule has 3 rings (SSSR count). The van der Waals surface area contributed by atoms with Crippen molar-refractivity contribution in [3.63, 3.8) is 0 Å². The van der Waals surface area contributed by atoms with Gasteiger partial charge in [-0.15, -0.1) is 0 Å². The van der Waals surface area contributed by atoms with Crippen molar-refractivity contribution in [1.29, 1.82) is 0 Å². The van der Waals surface area contributed by atoms with Gasteiger partial charge in [-0.25, -0.2) is 9.07 Å². The number of aryl methyl sites for hydroxylation is 1. The summed E-state index contributed by atoms with van der Waals surface area (Å²) in [5.74, 6) is 0.683. The minimum Gasteiger partial charge on any atom is -0.493 e. The minimum absolute atomic E-state index is 0.0915. The molecule has 0 aliphatic rings. The molecule has 1 N–H and O–H groups in total. The van der Waals surface area contributed by atoms with Crippen LogP contribution in [0.5, 0.6) is 11.5 Å². The first-order valence-corrected chi connectivity index (χ1v) is 9.90. The highest BCUT2D eigenvalue weighted by Crippen LogP contribution is 2.28. The normalized spacial score (nSPS) is 10.5. The second-order valence-electron chi connectivity index (χ2n) is 6.73. The Morgan fingerprint density at radius 2 is 1.87 bits per heavy atom. The summed E-state index contributed by atoms with van der Waals surface area (Å²) in [5.41, 5.74) is 1.77. The Labute approximate surface area is 179 Å². The van der Waals surface area contributed by atoms with E-state index in [-0.39, 0.29) is 30.2 Å². The number of carbonyl (C=O) groups is 1. The summed E-state index contributed by atoms with van der Waals surface area (Å²) < 4.78 is 25.1. The summed E-state index contributed by atoms with van der Waals surface area (Å²) in [6.45, 7) is 2.84. The summed E-state index contributed by atoms with van der Waals surface area (Å²) in [5, 5.41) is 7.11. The monoisotopic (exact) mass is 425 g/mol. The van der Waals surface area contributed by atoms with Gasteiger partial charge in [0.05, 0.1) is 26.0 Å². The van der Waals surface area contributed by atoms with Crippen LogP contribution in [0.2, 0.25) is 0 Å². The van der Waals surface area contributed by atoms with Crippen LogP contribution < -0.4 is 20.3 Å². The summed E-state index contributed by atoms with van der Waals surface area (Å²) >= 11 is 0. The van der Waals surface area contributed by atoms with Gasteiger partial charge in [-0.05, 0) is 55.0 Å². The van der Waals surface area contributed by atoms with Crippen LogP contribution in [0.1, 0.15) is 18.9 Å². The number of benzene rings is 2. The van der Waals surface area contributed by atoms with Gasteiger partial charge in [0.2, 0.25) is 5.91 Å². The largest absolute Gasteiger partial charge is 0.493 e. The summed E-state index contributed by atoms with van der Waals surface area (Å²) in [6, 6.07) is 14.3. The lowest BCUT2D eigenvalue weighted by Crippen LogP contribution is -2.28. The first-order chi connectivity index (χ1) is 15.0. The topological polar surface area (TPSA) is 82.5 Å². The number of aromatic nitrogens is 2. The van der Waals surface area contributed by atoms with Gasteiger partial charge in [-0.2, -0.15) is 5.10 Å². The zero-order chi connectivity index (χ0) is 22.2. The van der Waals surface area contributed by atoms with Gasteiger partial charge in [-0.1, -0.05) is 6.07 Å². The first-order valence-electron chi connectivity index (χ1n) is 9.90. The van der Waals surface area contributed by atoms with E-state index < -0.39 is 0 Å². The van der Waals surface area contributed by atoms with Crippen molar-refractivity contribution in [2.45, 2.75) is 26.4 Å². The number of carbonyl (C=O) groups excluding carboxylic acids is 1. The highest BCUT2D eigenvalue weighted by molar-refractivity contribution is 5.75. The number of methoxy groups -OCH3 is 1. The summed E-state index contributed by atoms with van der Waals surface area (Å²) in [7, 11) is 1.57. The number of hydrogen-bond acceptors (Lipinski definition) is 5. The molecule has 0 radical (unpaired) electrons. The van der Waals surface area contributed by atoms with Crippen molar-refractivity contribution >= 4 is 5.91 Å². The third-order valence-electron chi connectivity index (χ3n) is 4.57. The Morgan fingerprint density at radius 1 is 1.10 bits per heavy atom. The van der Waals surface area contributed by atoms with Crippen LogP contribution in [-0.4, -0.2) is 29.4 Å². The van der Waals surface area contributed by atoms with Gasteiger partial charge in [0.25, 0.3) is 5.56 Å². The average Bonchev–Trinajstić information content (AvgIpc) is 2.78. The lowest BCUT2D eigenvalue weighted by molar-refractivity contribution is -0.121. The van der Waals surface area contributed by atoms with E-state index in [2.05, 4.69) is 10.4 Å². The van der Waals surface area contributed by atoms with E-state index in [0.717, 1.165) is 5.56 Å². The molecule has 0 unspecified atom stereocenters. The molecule has 7 nitrogen and oxygen atoms in total. The minimum atomic E-state index is -0.348. The number of halogens is 1. The predicted octanol–water partition coefficient (Wildman–Crippen LogP) is 3.16. The zero-order valence-electron chi connectivity index (χ0n) is 17.4. The number of rotatable bonds is 9. The van der Waals surface area contributed by atoms with Crippen molar-refractivity contribution in [3.8, 4) is 22.8 Å². The van der Waals surface area contributed by atoms with Crippen molar-refractivity contribution in [1.82, 2.24) is 15.1 Å². The van der Waals surface area contributed by atoms with Crippen molar-refractivity contribution < 1.29 is 18.7 Å². The van der Waals surface area contributed by atoms with E-state index in [1.807, 2.05) is 19.1 Å². The van der Waals surface area contributed by atoms with Crippen molar-refractivity contribution in [2.24, 2.45) is 0 Å². The Morgan fingerprint density at radius 3 is 2.58 bits per heavy atom. The fraction of sp³-hybridized carbons (Fsp3) is 0.261. The van der Waals surface area contributed by atoms with Gasteiger partial charge in [0.15, 0.2) is 11.5 Å². The Bertz CT molecular complexity index is 1100. The highest BCUT2D eigenvalue weighted by Gasteiger charge is 2.09. The third-order valence-corrected chi connectivity index (χ3v) is 4.57. The number of hydrogen-bond donors (Lipinski definition) is 1. The van der Waals surface area contributed by atoms with Crippen LogP contribution in [0.15, 0.2) is 59.4 Å². The number of ether oxygens (including phenoxy) is 2. The molecule has 31 heavy (non-hydrogen) atoms. The number of nitrogens with zero attached hydrogens (tertiary/aromatic N) is 2. The van der Waals surface area contributed by atoms with Gasteiger partial charge in [0.1, 0.15) is 5.82 Å². The quantitative estimate of drug-likeness (QED) is 0.570. The summed E-state index contributed by atoms with van der Waals surface area (Å²) in [4.78, 5) is 24.4. The maximum Gasteiger partial charge on any atom is 0.266 e. The molecule has 0 atom stereocenters. The zero-order valence-corrected chi connectivity index (χ0v) is 17.4. The van der Waals surface area contributed by atoms with E-state index in [1.54, 1.807) is 31.4 Å². The van der Waals surface area contributed by atoms with E-state index in [4.69, 9.17) is 9.47 Å². The first kappa shape index (κ1) is 22.0. The lowest BCUT2D eigenvalue weighted by atomic mass is 10.1. The number of nitrogens with one attached hydrogen (secondary N) is 1. The standard InChI is InChI=1S/C23H24FN3O4/c1-3-31-21-14-16(4-10-20(21)30-2)15-25-22(28)12-13-27-23(29)11-9-19(26-27)17-5-7-18(24)8-6-17/h4-11,14H,3,12-13,15H2,1-2H3,(H,25,28). The summed E-state index contributed by atoms with van der Waals surface area (Å²) in [6.07, 6.45) is 0.0915. The van der Waals surface area contributed by atoms with Crippen LogP contribution in [0.4, 0.5) is 4.39 Å². The van der Waals surface area contributed by atoms with Gasteiger partial charge in [-0.3, -0.25) is 9.59 Å². The maximum atomic E-state index is 13.1. The molecule has 0 bridgehead atoms.